The summed E-state index contributed by atoms with van der Waals surface area (Å²) >= 11 is 0. The summed E-state index contributed by atoms with van der Waals surface area (Å²) in [6.07, 6.45) is 8.10. The van der Waals surface area contributed by atoms with Gasteiger partial charge >= 0.3 is 0 Å². The van der Waals surface area contributed by atoms with Crippen molar-refractivity contribution in [2.24, 2.45) is 11.7 Å². The van der Waals surface area contributed by atoms with Gasteiger partial charge in [-0.25, -0.2) is 0 Å². The van der Waals surface area contributed by atoms with Crippen LogP contribution in [0.4, 0.5) is 0 Å². The van der Waals surface area contributed by atoms with E-state index in [0.29, 0.717) is 18.5 Å². The number of amides is 2. The maximum absolute atomic E-state index is 11.8. The fourth-order valence-electron chi connectivity index (χ4n) is 2.91. The molecule has 1 aromatic rings. The molecule has 1 saturated carbocycles. The third kappa shape index (κ3) is 6.15. The molecule has 1 aliphatic carbocycles. The molecule has 122 valence electrons. The summed E-state index contributed by atoms with van der Waals surface area (Å²) in [5.74, 6) is 6.23. The third-order valence-corrected chi connectivity index (χ3v) is 4.28. The molecule has 0 saturated heterocycles. The largest absolute Gasteiger partial charge is 0.366 e. The van der Waals surface area contributed by atoms with Gasteiger partial charge in [0.25, 0.3) is 0 Å². The van der Waals surface area contributed by atoms with E-state index in [4.69, 9.17) is 5.73 Å². The monoisotopic (exact) mass is 312 g/mol. The molecule has 0 unspecified atom stereocenters. The van der Waals surface area contributed by atoms with Crippen LogP contribution in [0.15, 0.2) is 24.3 Å². The highest BCUT2D eigenvalue weighted by atomic mass is 16.1. The Balaban J connectivity index is 1.67. The Labute approximate surface area is 137 Å². The van der Waals surface area contributed by atoms with Crippen molar-refractivity contribution < 1.29 is 9.59 Å². The number of nitrogens with one attached hydrogen (secondary N) is 1. The predicted molar refractivity (Wildman–Crippen MR) is 90.7 cm³/mol. The molecule has 0 aromatic heterocycles. The van der Waals surface area contributed by atoms with Crippen LogP contribution in [0.2, 0.25) is 0 Å². The molecule has 0 atom stereocenters. The Morgan fingerprint density at radius 3 is 2.48 bits per heavy atom. The molecule has 0 heterocycles. The molecule has 4 heteroatoms. The summed E-state index contributed by atoms with van der Waals surface area (Å²) in [6, 6.07) is 6.79. The molecule has 2 amide bonds. The number of rotatable bonds is 5. The zero-order valence-electron chi connectivity index (χ0n) is 13.4. The van der Waals surface area contributed by atoms with Crippen LogP contribution in [-0.2, 0) is 4.79 Å². The van der Waals surface area contributed by atoms with Gasteiger partial charge < -0.3 is 11.1 Å². The highest BCUT2D eigenvalue weighted by Gasteiger charge is 2.14. The van der Waals surface area contributed by atoms with Gasteiger partial charge in [0.05, 0.1) is 6.54 Å². The molecule has 2 rings (SSSR count). The van der Waals surface area contributed by atoms with E-state index in [1.54, 1.807) is 24.3 Å². The van der Waals surface area contributed by atoms with E-state index in [1.165, 1.54) is 32.1 Å². The standard InChI is InChI=1S/C19H24N2O2/c20-19(23)17-11-8-16(9-12-17)7-4-14-21-18(22)13-10-15-5-2-1-3-6-15/h8-9,11-12,15H,1-3,5-6,10,13-14H2,(H2,20,23)(H,21,22). The van der Waals surface area contributed by atoms with E-state index >= 15 is 0 Å². The minimum absolute atomic E-state index is 0.0777. The van der Waals surface area contributed by atoms with Gasteiger partial charge in [-0.05, 0) is 36.6 Å². The molecular formula is C19H24N2O2. The average molecular weight is 312 g/mol. The Kier molecular flexibility index (Phi) is 6.68. The number of hydrogen-bond donors (Lipinski definition) is 2. The Morgan fingerprint density at radius 1 is 1.13 bits per heavy atom. The molecule has 23 heavy (non-hydrogen) atoms. The number of hydrogen-bond acceptors (Lipinski definition) is 2. The van der Waals surface area contributed by atoms with Crippen molar-refractivity contribution >= 4 is 11.8 Å². The lowest BCUT2D eigenvalue weighted by atomic mass is 9.86. The molecule has 4 nitrogen and oxygen atoms in total. The third-order valence-electron chi connectivity index (χ3n) is 4.28. The van der Waals surface area contributed by atoms with Crippen molar-refractivity contribution in [1.82, 2.24) is 5.32 Å². The second kappa shape index (κ2) is 8.99. The van der Waals surface area contributed by atoms with Crippen LogP contribution >= 0.6 is 0 Å². The van der Waals surface area contributed by atoms with Crippen LogP contribution in [0.25, 0.3) is 0 Å². The van der Waals surface area contributed by atoms with Gasteiger partial charge in [0.15, 0.2) is 0 Å². The van der Waals surface area contributed by atoms with E-state index in [1.807, 2.05) is 0 Å². The zero-order valence-corrected chi connectivity index (χ0v) is 13.4. The van der Waals surface area contributed by atoms with Gasteiger partial charge in [-0.2, -0.15) is 0 Å². The predicted octanol–water partition coefficient (Wildman–Crippen LogP) is 2.61. The molecule has 0 bridgehead atoms. The molecule has 0 aliphatic heterocycles. The van der Waals surface area contributed by atoms with Crippen LogP contribution in [0, 0.1) is 17.8 Å². The highest BCUT2D eigenvalue weighted by Crippen LogP contribution is 2.27. The molecule has 1 aromatic carbocycles. The summed E-state index contributed by atoms with van der Waals surface area (Å²) in [4.78, 5) is 22.7. The van der Waals surface area contributed by atoms with Crippen LogP contribution in [0.3, 0.4) is 0 Å². The first-order chi connectivity index (χ1) is 11.1. The van der Waals surface area contributed by atoms with Crippen molar-refractivity contribution in [1.29, 1.82) is 0 Å². The zero-order chi connectivity index (χ0) is 16.5. The van der Waals surface area contributed by atoms with Gasteiger partial charge in [0, 0.05) is 17.5 Å². The molecular weight excluding hydrogens is 288 g/mol. The van der Waals surface area contributed by atoms with Gasteiger partial charge in [0.2, 0.25) is 11.8 Å². The molecule has 0 radical (unpaired) electrons. The summed E-state index contributed by atoms with van der Waals surface area (Å²) in [5.41, 5.74) is 6.44. The fraction of sp³-hybridized carbons (Fsp3) is 0.474. The van der Waals surface area contributed by atoms with Crippen molar-refractivity contribution in [3.05, 3.63) is 35.4 Å². The van der Waals surface area contributed by atoms with Gasteiger partial charge in [0.1, 0.15) is 0 Å². The topological polar surface area (TPSA) is 72.2 Å². The Morgan fingerprint density at radius 2 is 1.83 bits per heavy atom. The number of carbonyl (C=O) groups excluding carboxylic acids is 2. The number of benzene rings is 1. The average Bonchev–Trinajstić information content (AvgIpc) is 2.58. The smallest absolute Gasteiger partial charge is 0.248 e. The first-order valence-corrected chi connectivity index (χ1v) is 8.30. The Bertz CT molecular complexity index is 590. The first kappa shape index (κ1) is 17.1. The van der Waals surface area contributed by atoms with Crippen LogP contribution < -0.4 is 11.1 Å². The van der Waals surface area contributed by atoms with Gasteiger partial charge in [-0.3, -0.25) is 9.59 Å². The molecule has 3 N–H and O–H groups in total. The van der Waals surface area contributed by atoms with Gasteiger partial charge in [-0.15, -0.1) is 0 Å². The summed E-state index contributed by atoms with van der Waals surface area (Å²) in [5, 5.41) is 2.84. The Hall–Kier alpha value is -2.28. The minimum atomic E-state index is -0.449. The van der Waals surface area contributed by atoms with E-state index in [-0.39, 0.29) is 5.91 Å². The maximum Gasteiger partial charge on any atom is 0.248 e. The fourth-order valence-corrected chi connectivity index (χ4v) is 2.91. The van der Waals surface area contributed by atoms with E-state index in [0.717, 1.165) is 17.9 Å². The van der Waals surface area contributed by atoms with Crippen molar-refractivity contribution in [2.45, 2.75) is 44.9 Å². The van der Waals surface area contributed by atoms with Gasteiger partial charge in [-0.1, -0.05) is 43.9 Å². The summed E-state index contributed by atoms with van der Waals surface area (Å²) < 4.78 is 0. The molecule has 0 spiro atoms. The van der Waals surface area contributed by atoms with Crippen LogP contribution in [0.1, 0.15) is 60.9 Å². The lowest BCUT2D eigenvalue weighted by Crippen LogP contribution is -2.24. The van der Waals surface area contributed by atoms with Crippen molar-refractivity contribution in [3.63, 3.8) is 0 Å². The second-order valence-electron chi connectivity index (χ2n) is 6.06. The normalized spacial score (nSPS) is 14.6. The highest BCUT2D eigenvalue weighted by molar-refractivity contribution is 5.92. The molecule has 1 aliphatic rings. The number of nitrogens with two attached hydrogens (primary N) is 1. The lowest BCUT2D eigenvalue weighted by Gasteiger charge is -2.20. The maximum atomic E-state index is 11.8. The first-order valence-electron chi connectivity index (χ1n) is 8.30. The van der Waals surface area contributed by atoms with E-state index in [9.17, 15) is 9.59 Å². The number of carbonyl (C=O) groups is 2. The van der Waals surface area contributed by atoms with E-state index in [2.05, 4.69) is 17.2 Å². The van der Waals surface area contributed by atoms with Crippen molar-refractivity contribution in [3.8, 4) is 11.8 Å². The second-order valence-corrected chi connectivity index (χ2v) is 6.06. The van der Waals surface area contributed by atoms with Crippen LogP contribution in [0.5, 0.6) is 0 Å². The molecule has 1 fully saturated rings. The van der Waals surface area contributed by atoms with E-state index < -0.39 is 5.91 Å². The van der Waals surface area contributed by atoms with Crippen molar-refractivity contribution in [2.75, 3.05) is 6.54 Å². The summed E-state index contributed by atoms with van der Waals surface area (Å²) in [7, 11) is 0. The van der Waals surface area contributed by atoms with Crippen LogP contribution in [-0.4, -0.2) is 18.4 Å². The SMILES string of the molecule is NC(=O)c1ccc(C#CCNC(=O)CCC2CCCCC2)cc1. The lowest BCUT2D eigenvalue weighted by molar-refractivity contribution is -0.121. The quantitative estimate of drug-likeness (QED) is 0.820. The summed E-state index contributed by atoms with van der Waals surface area (Å²) in [6.45, 7) is 0.348. The number of primary amides is 1. The minimum Gasteiger partial charge on any atom is -0.366 e.